The number of benzene rings is 1. The maximum atomic E-state index is 12.3. The molecule has 1 nitrogen and oxygen atoms in total. The molecule has 0 aliphatic carbocycles. The molecule has 17 heavy (non-hydrogen) atoms. The van der Waals surface area contributed by atoms with Crippen molar-refractivity contribution in [3.05, 3.63) is 42.3 Å². The van der Waals surface area contributed by atoms with Gasteiger partial charge < -0.3 is 0 Å². The summed E-state index contributed by atoms with van der Waals surface area (Å²) >= 11 is 0. The summed E-state index contributed by atoms with van der Waals surface area (Å²) in [6, 6.07) is 4.32. The van der Waals surface area contributed by atoms with E-state index >= 15 is 0 Å². The molecule has 0 spiro atoms. The zero-order valence-electron chi connectivity index (χ0n) is 9.55. The first kappa shape index (κ1) is 13.7. The minimum atomic E-state index is -4.36. The minimum absolute atomic E-state index is 0.137. The summed E-state index contributed by atoms with van der Waals surface area (Å²) in [5.74, 6) is -0.341. The summed E-state index contributed by atoms with van der Waals surface area (Å²) in [4.78, 5) is 11.8. The van der Waals surface area contributed by atoms with Crippen LogP contribution in [0.2, 0.25) is 0 Å². The Morgan fingerprint density at radius 1 is 1.29 bits per heavy atom. The second kappa shape index (κ2) is 5.34. The van der Waals surface area contributed by atoms with Gasteiger partial charge in [0.25, 0.3) is 0 Å². The molecule has 4 heteroatoms. The lowest BCUT2D eigenvalue weighted by molar-refractivity contribution is -0.137. The summed E-state index contributed by atoms with van der Waals surface area (Å²) in [6.45, 7) is 5.40. The van der Waals surface area contributed by atoms with Gasteiger partial charge in [-0.15, -0.1) is 0 Å². The molecule has 0 saturated heterocycles. The number of Topliss-reactive ketones (excluding diaryl/α,β-unsaturated/α-hetero) is 1. The number of alkyl halides is 3. The van der Waals surface area contributed by atoms with Gasteiger partial charge in [-0.1, -0.05) is 32.4 Å². The molecule has 0 heterocycles. The van der Waals surface area contributed by atoms with Crippen molar-refractivity contribution in [2.45, 2.75) is 25.9 Å². The molecule has 1 atom stereocenters. The number of hydrogen-bond donors (Lipinski definition) is 0. The molecule has 0 aliphatic heterocycles. The van der Waals surface area contributed by atoms with Gasteiger partial charge in [0, 0.05) is 11.5 Å². The standard InChI is InChI=1S/C13H14F3O/c1-3-4-9(2)12(17)10-5-7-11(8-6-10)13(14,15)16/h5-9H,1,3-4H2,2H3. The zero-order chi connectivity index (χ0) is 13.1. The summed E-state index contributed by atoms with van der Waals surface area (Å²) in [5, 5.41) is 0. The van der Waals surface area contributed by atoms with E-state index in [1.54, 1.807) is 6.92 Å². The Bertz CT molecular complexity index is 379. The monoisotopic (exact) mass is 243 g/mol. The number of rotatable bonds is 4. The normalized spacial score (nSPS) is 13.5. The van der Waals surface area contributed by atoms with Crippen LogP contribution in [-0.4, -0.2) is 5.78 Å². The fraction of sp³-hybridized carbons (Fsp3) is 0.385. The van der Waals surface area contributed by atoms with Gasteiger partial charge in [-0.2, -0.15) is 13.2 Å². The van der Waals surface area contributed by atoms with Crippen LogP contribution in [0.25, 0.3) is 0 Å². The topological polar surface area (TPSA) is 17.1 Å². The molecule has 93 valence electrons. The fourth-order valence-electron chi connectivity index (χ4n) is 1.55. The summed E-state index contributed by atoms with van der Waals surface area (Å²) in [5.41, 5.74) is -0.419. The fourth-order valence-corrected chi connectivity index (χ4v) is 1.55. The van der Waals surface area contributed by atoms with Crippen LogP contribution in [0.4, 0.5) is 13.2 Å². The minimum Gasteiger partial charge on any atom is -0.294 e. The highest BCUT2D eigenvalue weighted by atomic mass is 19.4. The van der Waals surface area contributed by atoms with Gasteiger partial charge in [0.15, 0.2) is 5.78 Å². The highest BCUT2D eigenvalue weighted by molar-refractivity contribution is 5.97. The first-order chi connectivity index (χ1) is 7.86. The lowest BCUT2D eigenvalue weighted by Gasteiger charge is -2.10. The molecule has 0 saturated carbocycles. The van der Waals surface area contributed by atoms with Crippen LogP contribution in [0, 0.1) is 12.8 Å². The number of hydrogen-bond acceptors (Lipinski definition) is 1. The van der Waals surface area contributed by atoms with E-state index in [2.05, 4.69) is 6.92 Å². The van der Waals surface area contributed by atoms with Crippen molar-refractivity contribution in [1.29, 1.82) is 0 Å². The van der Waals surface area contributed by atoms with Crippen LogP contribution in [-0.2, 0) is 6.18 Å². The highest BCUT2D eigenvalue weighted by Crippen LogP contribution is 2.29. The van der Waals surface area contributed by atoms with Crippen LogP contribution >= 0.6 is 0 Å². The molecule has 1 rings (SSSR count). The van der Waals surface area contributed by atoms with Crippen LogP contribution in [0.1, 0.15) is 35.7 Å². The van der Waals surface area contributed by atoms with Crippen LogP contribution < -0.4 is 0 Å². The third kappa shape index (κ3) is 3.58. The van der Waals surface area contributed by atoms with Gasteiger partial charge in [-0.3, -0.25) is 4.79 Å². The third-order valence-corrected chi connectivity index (χ3v) is 2.58. The van der Waals surface area contributed by atoms with Gasteiger partial charge in [0.1, 0.15) is 0 Å². The SMILES string of the molecule is [CH2]CCC(C)C(=O)c1ccc(C(F)(F)F)cc1. The molecule has 0 fully saturated rings. The van der Waals surface area contributed by atoms with Gasteiger partial charge in [0.05, 0.1) is 5.56 Å². The Morgan fingerprint density at radius 3 is 2.24 bits per heavy atom. The van der Waals surface area contributed by atoms with E-state index in [9.17, 15) is 18.0 Å². The molecule has 0 aromatic heterocycles. The Hall–Kier alpha value is -1.32. The van der Waals surface area contributed by atoms with Crippen LogP contribution in [0.15, 0.2) is 24.3 Å². The maximum Gasteiger partial charge on any atom is 0.416 e. The Balaban J connectivity index is 2.84. The van der Waals surface area contributed by atoms with Gasteiger partial charge in [-0.05, 0) is 18.6 Å². The second-order valence-electron chi connectivity index (χ2n) is 3.98. The number of ketones is 1. The Labute approximate surface area is 98.6 Å². The molecule has 1 unspecified atom stereocenters. The van der Waals surface area contributed by atoms with Crippen LogP contribution in [0.3, 0.4) is 0 Å². The van der Waals surface area contributed by atoms with E-state index in [1.807, 2.05) is 0 Å². The van der Waals surface area contributed by atoms with E-state index in [0.29, 0.717) is 18.4 Å². The lowest BCUT2D eigenvalue weighted by atomic mass is 9.95. The largest absolute Gasteiger partial charge is 0.416 e. The molecule has 0 bridgehead atoms. The average Bonchev–Trinajstić information content (AvgIpc) is 2.27. The summed E-state index contributed by atoms with van der Waals surface area (Å²) < 4.78 is 36.9. The molecule has 0 amide bonds. The van der Waals surface area contributed by atoms with E-state index in [-0.39, 0.29) is 11.7 Å². The number of halogens is 3. The van der Waals surface area contributed by atoms with E-state index in [1.165, 1.54) is 12.1 Å². The van der Waals surface area contributed by atoms with Crippen LogP contribution in [0.5, 0.6) is 0 Å². The lowest BCUT2D eigenvalue weighted by Crippen LogP contribution is -2.12. The van der Waals surface area contributed by atoms with Crippen molar-refractivity contribution < 1.29 is 18.0 Å². The van der Waals surface area contributed by atoms with E-state index < -0.39 is 11.7 Å². The van der Waals surface area contributed by atoms with Gasteiger partial charge in [0.2, 0.25) is 0 Å². The zero-order valence-corrected chi connectivity index (χ0v) is 9.55. The Kier molecular flexibility index (Phi) is 4.32. The van der Waals surface area contributed by atoms with Crippen molar-refractivity contribution >= 4 is 5.78 Å². The predicted molar refractivity (Wildman–Crippen MR) is 59.5 cm³/mol. The van der Waals surface area contributed by atoms with Crippen molar-refractivity contribution in [2.24, 2.45) is 5.92 Å². The van der Waals surface area contributed by atoms with Crippen molar-refractivity contribution in [2.75, 3.05) is 0 Å². The third-order valence-electron chi connectivity index (χ3n) is 2.58. The van der Waals surface area contributed by atoms with Gasteiger partial charge >= 0.3 is 6.18 Å². The van der Waals surface area contributed by atoms with Crippen molar-refractivity contribution in [3.63, 3.8) is 0 Å². The molecule has 1 aromatic carbocycles. The first-order valence-corrected chi connectivity index (χ1v) is 5.37. The molecular weight excluding hydrogens is 229 g/mol. The quantitative estimate of drug-likeness (QED) is 0.726. The number of carbonyl (C=O) groups is 1. The molecular formula is C13H14F3O. The molecule has 0 N–H and O–H groups in total. The average molecular weight is 243 g/mol. The summed E-state index contributed by atoms with van der Waals surface area (Å²) in [7, 11) is 0. The van der Waals surface area contributed by atoms with E-state index in [0.717, 1.165) is 12.1 Å². The summed E-state index contributed by atoms with van der Waals surface area (Å²) in [6.07, 6.45) is -3.09. The molecule has 1 radical (unpaired) electrons. The molecule has 1 aromatic rings. The first-order valence-electron chi connectivity index (χ1n) is 5.37. The van der Waals surface area contributed by atoms with E-state index in [4.69, 9.17) is 0 Å². The Morgan fingerprint density at radius 2 is 1.82 bits per heavy atom. The number of carbonyl (C=O) groups excluding carboxylic acids is 1. The van der Waals surface area contributed by atoms with Crippen molar-refractivity contribution in [3.8, 4) is 0 Å². The second-order valence-corrected chi connectivity index (χ2v) is 3.98. The van der Waals surface area contributed by atoms with Gasteiger partial charge in [-0.25, -0.2) is 0 Å². The van der Waals surface area contributed by atoms with Crippen molar-refractivity contribution in [1.82, 2.24) is 0 Å². The predicted octanol–water partition coefficient (Wildman–Crippen LogP) is 4.14. The molecule has 0 aliphatic rings. The smallest absolute Gasteiger partial charge is 0.294 e. The highest BCUT2D eigenvalue weighted by Gasteiger charge is 2.30. The maximum absolute atomic E-state index is 12.3.